The van der Waals surface area contributed by atoms with Gasteiger partial charge in [-0.25, -0.2) is 0 Å². The molecule has 0 bridgehead atoms. The van der Waals surface area contributed by atoms with Gasteiger partial charge in [0.1, 0.15) is 5.76 Å². The van der Waals surface area contributed by atoms with E-state index in [4.69, 9.17) is 4.52 Å². The summed E-state index contributed by atoms with van der Waals surface area (Å²) in [6.07, 6.45) is 0. The Morgan fingerprint density at radius 1 is 1.05 bits per heavy atom. The molecule has 22 heavy (non-hydrogen) atoms. The van der Waals surface area contributed by atoms with Crippen LogP contribution in [0.15, 0.2) is 34.9 Å². The fourth-order valence-corrected chi connectivity index (χ4v) is 1.80. The van der Waals surface area contributed by atoms with Crippen LogP contribution in [0.1, 0.15) is 47.2 Å². The number of nitrogens with one attached hydrogen (secondary N) is 2. The first-order valence-corrected chi connectivity index (χ1v) is 6.92. The highest BCUT2D eigenvalue weighted by molar-refractivity contribution is 6.04. The van der Waals surface area contributed by atoms with Crippen LogP contribution in [0.5, 0.6) is 0 Å². The molecular weight excluding hydrogens is 282 g/mol. The molecule has 1 heterocycles. The van der Waals surface area contributed by atoms with E-state index in [1.54, 1.807) is 37.3 Å². The number of carbonyl (C=O) groups is 2. The minimum atomic E-state index is -0.309. The molecule has 2 aromatic rings. The number of benzene rings is 1. The van der Waals surface area contributed by atoms with Crippen molar-refractivity contribution in [1.29, 1.82) is 0 Å². The summed E-state index contributed by atoms with van der Waals surface area (Å²) in [5, 5.41) is 9.18. The summed E-state index contributed by atoms with van der Waals surface area (Å²) in [5.41, 5.74) is 0.634. The summed E-state index contributed by atoms with van der Waals surface area (Å²) in [5.74, 6) is 0.490. The van der Waals surface area contributed by atoms with Gasteiger partial charge in [-0.15, -0.1) is 0 Å². The summed E-state index contributed by atoms with van der Waals surface area (Å²) in [7, 11) is 0. The van der Waals surface area contributed by atoms with Crippen LogP contribution in [0.25, 0.3) is 0 Å². The van der Waals surface area contributed by atoms with Crippen molar-refractivity contribution in [3.63, 3.8) is 0 Å². The van der Waals surface area contributed by atoms with Gasteiger partial charge < -0.3 is 15.2 Å². The lowest BCUT2D eigenvalue weighted by Gasteiger charge is -2.20. The second-order valence-corrected chi connectivity index (χ2v) is 6.06. The zero-order valence-corrected chi connectivity index (χ0v) is 13.1. The maximum atomic E-state index is 12.0. The number of hydrogen-bond acceptors (Lipinski definition) is 4. The first-order chi connectivity index (χ1) is 10.2. The molecule has 1 aromatic heterocycles. The molecule has 2 N–H and O–H groups in total. The summed E-state index contributed by atoms with van der Waals surface area (Å²) in [4.78, 5) is 24.0. The van der Waals surface area contributed by atoms with Gasteiger partial charge in [0.2, 0.25) is 0 Å². The lowest BCUT2D eigenvalue weighted by molar-refractivity contribution is 0.0918. The van der Waals surface area contributed by atoms with E-state index >= 15 is 0 Å². The zero-order valence-electron chi connectivity index (χ0n) is 13.1. The molecule has 1 aromatic carbocycles. The normalized spacial score (nSPS) is 11.1. The maximum absolute atomic E-state index is 12.0. The van der Waals surface area contributed by atoms with Crippen molar-refractivity contribution in [2.24, 2.45) is 0 Å². The standard InChI is InChI=1S/C16H19N3O3/c1-10-9-13(19-22-10)17-14(20)11-5-7-12(8-6-11)15(21)18-16(2,3)4/h5-9H,1-4H3,(H,18,21)(H,17,19,20). The van der Waals surface area contributed by atoms with Crippen LogP contribution >= 0.6 is 0 Å². The minimum Gasteiger partial charge on any atom is -0.360 e. The third-order valence-corrected chi connectivity index (χ3v) is 2.77. The van der Waals surface area contributed by atoms with Crippen LogP contribution in [0.3, 0.4) is 0 Å². The van der Waals surface area contributed by atoms with Crippen LogP contribution in [0.2, 0.25) is 0 Å². The molecule has 0 aliphatic carbocycles. The van der Waals surface area contributed by atoms with Crippen LogP contribution in [0.4, 0.5) is 5.82 Å². The SMILES string of the molecule is Cc1cc(NC(=O)c2ccc(C(=O)NC(C)(C)C)cc2)no1. The average molecular weight is 301 g/mol. The van der Waals surface area contributed by atoms with Crippen LogP contribution in [-0.4, -0.2) is 22.5 Å². The third kappa shape index (κ3) is 4.18. The van der Waals surface area contributed by atoms with E-state index in [1.165, 1.54) is 0 Å². The fourth-order valence-electron chi connectivity index (χ4n) is 1.80. The molecule has 0 aliphatic heterocycles. The number of amides is 2. The predicted molar refractivity (Wildman–Crippen MR) is 82.9 cm³/mol. The molecule has 0 aliphatic rings. The molecule has 0 spiro atoms. The molecule has 6 nitrogen and oxygen atoms in total. The Bertz CT molecular complexity index is 681. The Labute approximate surface area is 128 Å². The molecule has 0 radical (unpaired) electrons. The summed E-state index contributed by atoms with van der Waals surface area (Å²) in [6, 6.07) is 8.05. The highest BCUT2D eigenvalue weighted by Gasteiger charge is 2.16. The van der Waals surface area contributed by atoms with E-state index in [-0.39, 0.29) is 17.4 Å². The second-order valence-electron chi connectivity index (χ2n) is 6.06. The molecule has 2 rings (SSSR count). The Morgan fingerprint density at radius 2 is 1.59 bits per heavy atom. The van der Waals surface area contributed by atoms with E-state index in [2.05, 4.69) is 15.8 Å². The molecule has 2 amide bonds. The summed E-state index contributed by atoms with van der Waals surface area (Å²) >= 11 is 0. The molecule has 0 atom stereocenters. The highest BCUT2D eigenvalue weighted by atomic mass is 16.5. The van der Waals surface area contributed by atoms with Gasteiger partial charge in [0.05, 0.1) is 0 Å². The van der Waals surface area contributed by atoms with E-state index in [9.17, 15) is 9.59 Å². The van der Waals surface area contributed by atoms with Gasteiger partial charge in [-0.05, 0) is 52.0 Å². The number of hydrogen-bond donors (Lipinski definition) is 2. The zero-order chi connectivity index (χ0) is 16.3. The Morgan fingerprint density at radius 3 is 2.05 bits per heavy atom. The van der Waals surface area contributed by atoms with Gasteiger partial charge in [-0.3, -0.25) is 9.59 Å². The van der Waals surface area contributed by atoms with Gasteiger partial charge in [0.25, 0.3) is 11.8 Å². The summed E-state index contributed by atoms with van der Waals surface area (Å²) < 4.78 is 4.88. The van der Waals surface area contributed by atoms with Crippen molar-refractivity contribution in [2.75, 3.05) is 5.32 Å². The van der Waals surface area contributed by atoms with Crippen LogP contribution in [-0.2, 0) is 0 Å². The molecule has 0 fully saturated rings. The van der Waals surface area contributed by atoms with E-state index < -0.39 is 0 Å². The number of nitrogens with zero attached hydrogens (tertiary/aromatic N) is 1. The largest absolute Gasteiger partial charge is 0.360 e. The fraction of sp³-hybridized carbons (Fsp3) is 0.312. The average Bonchev–Trinajstić information content (AvgIpc) is 2.82. The maximum Gasteiger partial charge on any atom is 0.256 e. The first kappa shape index (κ1) is 15.8. The quantitative estimate of drug-likeness (QED) is 0.913. The van der Waals surface area contributed by atoms with Gasteiger partial charge in [0, 0.05) is 22.7 Å². The van der Waals surface area contributed by atoms with E-state index in [1.807, 2.05) is 20.8 Å². The van der Waals surface area contributed by atoms with Crippen molar-refractivity contribution in [1.82, 2.24) is 10.5 Å². The Hall–Kier alpha value is -2.63. The van der Waals surface area contributed by atoms with Gasteiger partial charge >= 0.3 is 0 Å². The van der Waals surface area contributed by atoms with Crippen molar-refractivity contribution in [3.05, 3.63) is 47.2 Å². The number of rotatable bonds is 3. The Kier molecular flexibility index (Phi) is 4.30. The van der Waals surface area contributed by atoms with E-state index in [0.29, 0.717) is 22.7 Å². The van der Waals surface area contributed by atoms with Crippen LogP contribution < -0.4 is 10.6 Å². The number of aromatic nitrogens is 1. The van der Waals surface area contributed by atoms with Crippen molar-refractivity contribution < 1.29 is 14.1 Å². The molecule has 0 saturated heterocycles. The first-order valence-electron chi connectivity index (χ1n) is 6.92. The minimum absolute atomic E-state index is 0.174. The highest BCUT2D eigenvalue weighted by Crippen LogP contribution is 2.11. The lowest BCUT2D eigenvalue weighted by Crippen LogP contribution is -2.40. The second kappa shape index (κ2) is 6.01. The van der Waals surface area contributed by atoms with Crippen molar-refractivity contribution in [2.45, 2.75) is 33.2 Å². The predicted octanol–water partition coefficient (Wildman–Crippen LogP) is 2.76. The molecule has 6 heteroatoms. The van der Waals surface area contributed by atoms with Crippen molar-refractivity contribution in [3.8, 4) is 0 Å². The number of carbonyl (C=O) groups excluding carboxylic acids is 2. The van der Waals surface area contributed by atoms with E-state index in [0.717, 1.165) is 0 Å². The smallest absolute Gasteiger partial charge is 0.256 e. The van der Waals surface area contributed by atoms with Gasteiger partial charge in [-0.1, -0.05) is 5.16 Å². The van der Waals surface area contributed by atoms with Gasteiger partial charge in [0.15, 0.2) is 5.82 Å². The monoisotopic (exact) mass is 301 g/mol. The molecule has 116 valence electrons. The molecular formula is C16H19N3O3. The summed E-state index contributed by atoms with van der Waals surface area (Å²) in [6.45, 7) is 7.47. The molecule has 0 unspecified atom stereocenters. The molecule has 0 saturated carbocycles. The lowest BCUT2D eigenvalue weighted by atomic mass is 10.1. The van der Waals surface area contributed by atoms with Crippen LogP contribution in [0, 0.1) is 6.92 Å². The van der Waals surface area contributed by atoms with Crippen molar-refractivity contribution >= 4 is 17.6 Å². The van der Waals surface area contributed by atoms with Gasteiger partial charge in [-0.2, -0.15) is 0 Å². The number of anilines is 1. The number of aryl methyl sites for hydroxylation is 1. The topological polar surface area (TPSA) is 84.2 Å². The Balaban J connectivity index is 2.05. The third-order valence-electron chi connectivity index (χ3n) is 2.77.